The Labute approximate surface area is 126 Å². The van der Waals surface area contributed by atoms with Crippen molar-refractivity contribution in [1.29, 1.82) is 0 Å². The molecule has 1 aromatic carbocycles. The third-order valence-electron chi connectivity index (χ3n) is 3.50. The first-order valence-corrected chi connectivity index (χ1v) is 8.56. The molecule has 0 aliphatic heterocycles. The number of rotatable bonds is 6. The SMILES string of the molecule is CC(C)CNCc1ccc(SC2CCCC2)cc1Cl. The minimum atomic E-state index is 0.677. The van der Waals surface area contributed by atoms with Crippen LogP contribution in [0.1, 0.15) is 45.1 Å². The van der Waals surface area contributed by atoms with E-state index >= 15 is 0 Å². The highest BCUT2D eigenvalue weighted by Crippen LogP contribution is 2.36. The normalized spacial score (nSPS) is 16.4. The molecule has 19 heavy (non-hydrogen) atoms. The lowest BCUT2D eigenvalue weighted by Crippen LogP contribution is -2.19. The van der Waals surface area contributed by atoms with E-state index in [0.717, 1.165) is 23.4 Å². The van der Waals surface area contributed by atoms with E-state index in [4.69, 9.17) is 11.6 Å². The van der Waals surface area contributed by atoms with E-state index in [0.29, 0.717) is 5.92 Å². The van der Waals surface area contributed by atoms with Gasteiger partial charge in [-0.3, -0.25) is 0 Å². The maximum atomic E-state index is 6.38. The Balaban J connectivity index is 1.88. The Morgan fingerprint density at radius 2 is 2.05 bits per heavy atom. The van der Waals surface area contributed by atoms with Crippen LogP contribution in [-0.2, 0) is 6.54 Å². The van der Waals surface area contributed by atoms with Gasteiger partial charge in [-0.2, -0.15) is 0 Å². The lowest BCUT2D eigenvalue weighted by Gasteiger charge is -2.12. The summed E-state index contributed by atoms with van der Waals surface area (Å²) in [4.78, 5) is 1.32. The Hall–Kier alpha value is -0.180. The van der Waals surface area contributed by atoms with Crippen LogP contribution in [-0.4, -0.2) is 11.8 Å². The van der Waals surface area contributed by atoms with E-state index < -0.39 is 0 Å². The first-order chi connectivity index (χ1) is 9.15. The second kappa shape index (κ2) is 7.56. The first-order valence-electron chi connectivity index (χ1n) is 7.31. The molecule has 0 bridgehead atoms. The van der Waals surface area contributed by atoms with Crippen molar-refractivity contribution in [3.8, 4) is 0 Å². The van der Waals surface area contributed by atoms with Crippen LogP contribution in [0.3, 0.4) is 0 Å². The van der Waals surface area contributed by atoms with E-state index in [-0.39, 0.29) is 0 Å². The number of thioether (sulfide) groups is 1. The smallest absolute Gasteiger partial charge is 0.0462 e. The highest BCUT2D eigenvalue weighted by atomic mass is 35.5. The zero-order valence-electron chi connectivity index (χ0n) is 11.9. The molecule has 0 saturated heterocycles. The zero-order chi connectivity index (χ0) is 13.7. The molecule has 0 unspecified atom stereocenters. The summed E-state index contributed by atoms with van der Waals surface area (Å²) in [7, 11) is 0. The summed E-state index contributed by atoms with van der Waals surface area (Å²) in [6.07, 6.45) is 5.51. The molecule has 0 radical (unpaired) electrons. The minimum absolute atomic E-state index is 0.677. The van der Waals surface area contributed by atoms with E-state index in [1.165, 1.54) is 36.1 Å². The fourth-order valence-electron chi connectivity index (χ4n) is 2.44. The molecule has 0 aromatic heterocycles. The quantitative estimate of drug-likeness (QED) is 0.782. The van der Waals surface area contributed by atoms with Gasteiger partial charge in [0.25, 0.3) is 0 Å². The van der Waals surface area contributed by atoms with Crippen molar-refractivity contribution >= 4 is 23.4 Å². The molecule has 3 heteroatoms. The Morgan fingerprint density at radius 3 is 2.68 bits per heavy atom. The zero-order valence-corrected chi connectivity index (χ0v) is 13.5. The summed E-state index contributed by atoms with van der Waals surface area (Å²) in [6, 6.07) is 6.53. The highest BCUT2D eigenvalue weighted by Gasteiger charge is 2.16. The van der Waals surface area contributed by atoms with Gasteiger partial charge in [0.1, 0.15) is 0 Å². The third-order valence-corrected chi connectivity index (χ3v) is 5.18. The molecule has 0 atom stereocenters. The molecule has 1 aliphatic carbocycles. The van der Waals surface area contributed by atoms with Gasteiger partial charge in [-0.1, -0.05) is 44.4 Å². The topological polar surface area (TPSA) is 12.0 Å². The van der Waals surface area contributed by atoms with Crippen molar-refractivity contribution in [2.24, 2.45) is 5.92 Å². The van der Waals surface area contributed by atoms with Gasteiger partial charge in [0.15, 0.2) is 0 Å². The van der Waals surface area contributed by atoms with Crippen LogP contribution in [0.5, 0.6) is 0 Å². The van der Waals surface area contributed by atoms with Gasteiger partial charge in [-0.15, -0.1) is 11.8 Å². The molecule has 0 amide bonds. The highest BCUT2D eigenvalue weighted by molar-refractivity contribution is 8.00. The second-order valence-electron chi connectivity index (χ2n) is 5.80. The van der Waals surface area contributed by atoms with Crippen molar-refractivity contribution in [2.45, 2.75) is 56.2 Å². The molecular formula is C16H24ClNS. The first kappa shape index (κ1) is 15.2. The molecule has 0 heterocycles. The standard InChI is InChI=1S/C16H24ClNS/c1-12(2)10-18-11-13-7-8-15(9-16(13)17)19-14-5-3-4-6-14/h7-9,12,14,18H,3-6,10-11H2,1-2H3. The minimum Gasteiger partial charge on any atom is -0.312 e. The largest absolute Gasteiger partial charge is 0.312 e. The Morgan fingerprint density at radius 1 is 1.32 bits per heavy atom. The maximum Gasteiger partial charge on any atom is 0.0462 e. The third kappa shape index (κ3) is 5.02. The van der Waals surface area contributed by atoms with Crippen molar-refractivity contribution in [1.82, 2.24) is 5.32 Å². The van der Waals surface area contributed by atoms with Crippen LogP contribution in [0.2, 0.25) is 5.02 Å². The maximum absolute atomic E-state index is 6.38. The molecule has 1 saturated carbocycles. The molecule has 106 valence electrons. The number of benzene rings is 1. The van der Waals surface area contributed by atoms with E-state index in [1.807, 2.05) is 11.8 Å². The molecule has 2 rings (SSSR count). The molecule has 0 spiro atoms. The lowest BCUT2D eigenvalue weighted by molar-refractivity contribution is 0.552. The Kier molecular flexibility index (Phi) is 6.06. The van der Waals surface area contributed by atoms with Crippen LogP contribution in [0.15, 0.2) is 23.1 Å². The predicted octanol–water partition coefficient (Wildman–Crippen LogP) is 5.12. The van der Waals surface area contributed by atoms with Gasteiger partial charge < -0.3 is 5.32 Å². The van der Waals surface area contributed by atoms with Crippen molar-refractivity contribution in [3.05, 3.63) is 28.8 Å². The van der Waals surface area contributed by atoms with Gasteiger partial charge in [-0.25, -0.2) is 0 Å². The molecule has 1 fully saturated rings. The van der Waals surface area contributed by atoms with Crippen LogP contribution < -0.4 is 5.32 Å². The van der Waals surface area contributed by atoms with Gasteiger partial charge in [0, 0.05) is 21.7 Å². The summed E-state index contributed by atoms with van der Waals surface area (Å²) in [5.74, 6) is 0.677. The van der Waals surface area contributed by atoms with Gasteiger partial charge in [-0.05, 0) is 43.0 Å². The van der Waals surface area contributed by atoms with Gasteiger partial charge in [0.05, 0.1) is 0 Å². The van der Waals surface area contributed by atoms with E-state index in [2.05, 4.69) is 37.4 Å². The monoisotopic (exact) mass is 297 g/mol. The summed E-state index contributed by atoms with van der Waals surface area (Å²) >= 11 is 8.37. The van der Waals surface area contributed by atoms with Crippen LogP contribution >= 0.6 is 23.4 Å². The summed E-state index contributed by atoms with van der Waals surface area (Å²) in [6.45, 7) is 6.34. The number of halogens is 1. The van der Waals surface area contributed by atoms with Gasteiger partial charge >= 0.3 is 0 Å². The predicted molar refractivity (Wildman–Crippen MR) is 86.1 cm³/mol. The molecule has 1 aromatic rings. The van der Waals surface area contributed by atoms with Crippen LogP contribution in [0.25, 0.3) is 0 Å². The van der Waals surface area contributed by atoms with Crippen LogP contribution in [0.4, 0.5) is 0 Å². The lowest BCUT2D eigenvalue weighted by atomic mass is 10.2. The summed E-state index contributed by atoms with van der Waals surface area (Å²) < 4.78 is 0. The molecular weight excluding hydrogens is 274 g/mol. The summed E-state index contributed by atoms with van der Waals surface area (Å²) in [5.41, 5.74) is 1.21. The van der Waals surface area contributed by atoms with E-state index in [1.54, 1.807) is 0 Å². The Bertz CT molecular complexity index is 400. The molecule has 1 N–H and O–H groups in total. The fraction of sp³-hybridized carbons (Fsp3) is 0.625. The molecule has 1 aliphatic rings. The van der Waals surface area contributed by atoms with Gasteiger partial charge in [0.2, 0.25) is 0 Å². The average molecular weight is 298 g/mol. The number of hydrogen-bond acceptors (Lipinski definition) is 2. The number of hydrogen-bond donors (Lipinski definition) is 1. The summed E-state index contributed by atoms with van der Waals surface area (Å²) in [5, 5.41) is 5.15. The number of nitrogens with one attached hydrogen (secondary N) is 1. The van der Waals surface area contributed by atoms with Crippen molar-refractivity contribution < 1.29 is 0 Å². The van der Waals surface area contributed by atoms with Crippen molar-refractivity contribution in [3.63, 3.8) is 0 Å². The van der Waals surface area contributed by atoms with E-state index in [9.17, 15) is 0 Å². The molecule has 1 nitrogen and oxygen atoms in total. The van der Waals surface area contributed by atoms with Crippen molar-refractivity contribution in [2.75, 3.05) is 6.54 Å². The van der Waals surface area contributed by atoms with Crippen LogP contribution in [0, 0.1) is 5.92 Å². The fourth-order valence-corrected chi connectivity index (χ4v) is 4.04. The second-order valence-corrected chi connectivity index (χ2v) is 7.58. The average Bonchev–Trinajstić information content (AvgIpc) is 2.84.